The lowest BCUT2D eigenvalue weighted by atomic mass is 10.1. The number of hydrogen-bond donors (Lipinski definition) is 1. The third-order valence-electron chi connectivity index (χ3n) is 5.00. The largest absolute Gasteiger partial charge is 0.493 e. The summed E-state index contributed by atoms with van der Waals surface area (Å²) < 4.78 is 23.7. The highest BCUT2D eigenvalue weighted by molar-refractivity contribution is 8.18. The topological polar surface area (TPSA) is 102 Å². The van der Waals surface area contributed by atoms with E-state index in [1.807, 2.05) is 0 Å². The number of carbonyl (C=O) groups is 4. The molecule has 0 aliphatic carbocycles. The predicted molar refractivity (Wildman–Crippen MR) is 132 cm³/mol. The second-order valence-electron chi connectivity index (χ2n) is 7.49. The molecule has 3 aromatic rings. The fraction of sp³-hybridized carbons (Fsp3) is 0.0769. The van der Waals surface area contributed by atoms with Crippen LogP contribution in [0.25, 0.3) is 6.08 Å². The zero-order chi connectivity index (χ0) is 25.7. The van der Waals surface area contributed by atoms with Gasteiger partial charge in [0.05, 0.1) is 17.6 Å². The van der Waals surface area contributed by atoms with E-state index in [1.54, 1.807) is 36.4 Å². The Morgan fingerprint density at radius 1 is 1.00 bits per heavy atom. The number of amides is 3. The fourth-order valence-electron chi connectivity index (χ4n) is 3.26. The molecular formula is C26H19FN2O6S. The number of nitrogens with zero attached hydrogens (tertiary/aromatic N) is 1. The minimum atomic E-state index is -0.698. The van der Waals surface area contributed by atoms with E-state index in [-0.39, 0.29) is 22.0 Å². The van der Waals surface area contributed by atoms with Crippen LogP contribution in [0.1, 0.15) is 15.9 Å². The summed E-state index contributed by atoms with van der Waals surface area (Å²) >= 11 is 0.713. The molecule has 36 heavy (non-hydrogen) atoms. The van der Waals surface area contributed by atoms with E-state index >= 15 is 0 Å². The molecule has 1 aliphatic heterocycles. The van der Waals surface area contributed by atoms with Gasteiger partial charge in [-0.15, -0.1) is 0 Å². The van der Waals surface area contributed by atoms with Crippen LogP contribution >= 0.6 is 11.8 Å². The average molecular weight is 507 g/mol. The Hall–Kier alpha value is -4.44. The minimum absolute atomic E-state index is 0.120. The Morgan fingerprint density at radius 3 is 2.42 bits per heavy atom. The Morgan fingerprint density at radius 2 is 1.72 bits per heavy atom. The molecule has 0 spiro atoms. The van der Waals surface area contributed by atoms with Gasteiger partial charge in [0.2, 0.25) is 5.91 Å². The van der Waals surface area contributed by atoms with Gasteiger partial charge in [0, 0.05) is 5.69 Å². The van der Waals surface area contributed by atoms with E-state index in [1.165, 1.54) is 37.5 Å². The van der Waals surface area contributed by atoms with Gasteiger partial charge in [0.1, 0.15) is 12.4 Å². The molecule has 0 atom stereocenters. The first-order valence-corrected chi connectivity index (χ1v) is 11.4. The Labute approximate surface area is 209 Å². The fourth-order valence-corrected chi connectivity index (χ4v) is 4.09. The Kier molecular flexibility index (Phi) is 7.45. The van der Waals surface area contributed by atoms with Crippen molar-refractivity contribution >= 4 is 46.5 Å². The number of benzene rings is 3. The molecule has 3 aromatic carbocycles. The van der Waals surface area contributed by atoms with Crippen LogP contribution in [0.4, 0.5) is 14.9 Å². The maximum atomic E-state index is 13.1. The van der Waals surface area contributed by atoms with Gasteiger partial charge in [-0.25, -0.2) is 9.18 Å². The van der Waals surface area contributed by atoms with Crippen LogP contribution in [-0.4, -0.2) is 41.6 Å². The van der Waals surface area contributed by atoms with Crippen molar-refractivity contribution in [2.75, 3.05) is 19.0 Å². The summed E-state index contributed by atoms with van der Waals surface area (Å²) in [6.45, 7) is -0.418. The van der Waals surface area contributed by atoms with E-state index in [4.69, 9.17) is 9.47 Å². The lowest BCUT2D eigenvalue weighted by Crippen LogP contribution is -2.36. The predicted octanol–water partition coefficient (Wildman–Crippen LogP) is 4.73. The van der Waals surface area contributed by atoms with Gasteiger partial charge in [-0.3, -0.25) is 19.3 Å². The second kappa shape index (κ2) is 10.9. The van der Waals surface area contributed by atoms with E-state index in [0.717, 1.165) is 17.0 Å². The maximum Gasteiger partial charge on any atom is 0.343 e. The van der Waals surface area contributed by atoms with Crippen LogP contribution in [0.5, 0.6) is 11.5 Å². The average Bonchev–Trinajstić information content (AvgIpc) is 3.13. The number of para-hydroxylation sites is 1. The number of methoxy groups -OCH3 is 1. The monoisotopic (exact) mass is 506 g/mol. The smallest absolute Gasteiger partial charge is 0.343 e. The van der Waals surface area contributed by atoms with E-state index < -0.39 is 35.4 Å². The summed E-state index contributed by atoms with van der Waals surface area (Å²) in [5, 5.41) is 2.07. The summed E-state index contributed by atoms with van der Waals surface area (Å²) in [4.78, 5) is 50.8. The molecule has 0 aromatic heterocycles. The van der Waals surface area contributed by atoms with Gasteiger partial charge in [-0.05, 0) is 71.9 Å². The number of anilines is 1. The van der Waals surface area contributed by atoms with Crippen LogP contribution < -0.4 is 14.8 Å². The van der Waals surface area contributed by atoms with Gasteiger partial charge in [-0.1, -0.05) is 24.3 Å². The Balaban J connectivity index is 1.45. The van der Waals surface area contributed by atoms with Crippen molar-refractivity contribution in [2.45, 2.75) is 0 Å². The van der Waals surface area contributed by atoms with Crippen LogP contribution in [-0.2, 0) is 9.59 Å². The molecule has 1 aliphatic rings. The van der Waals surface area contributed by atoms with E-state index in [2.05, 4.69) is 5.32 Å². The zero-order valence-corrected chi connectivity index (χ0v) is 19.7. The highest BCUT2D eigenvalue weighted by atomic mass is 32.2. The number of ether oxygens (including phenoxy) is 2. The first kappa shape index (κ1) is 24.7. The third-order valence-corrected chi connectivity index (χ3v) is 5.91. The quantitative estimate of drug-likeness (QED) is 0.281. The third kappa shape index (κ3) is 5.78. The molecule has 0 saturated carbocycles. The van der Waals surface area contributed by atoms with Gasteiger partial charge < -0.3 is 14.8 Å². The summed E-state index contributed by atoms with van der Waals surface area (Å²) in [6, 6.07) is 18.2. The summed E-state index contributed by atoms with van der Waals surface area (Å²) in [6.07, 6.45) is 1.48. The first-order valence-electron chi connectivity index (χ1n) is 10.6. The van der Waals surface area contributed by atoms with Crippen molar-refractivity contribution in [3.63, 3.8) is 0 Å². The van der Waals surface area contributed by atoms with Crippen molar-refractivity contribution in [1.82, 2.24) is 4.90 Å². The molecule has 1 heterocycles. The molecule has 10 heteroatoms. The number of rotatable bonds is 7. The molecule has 1 saturated heterocycles. The molecule has 0 unspecified atom stereocenters. The van der Waals surface area contributed by atoms with Crippen LogP contribution in [0.2, 0.25) is 0 Å². The van der Waals surface area contributed by atoms with Gasteiger partial charge in [0.25, 0.3) is 11.1 Å². The molecule has 8 nitrogen and oxygen atoms in total. The highest BCUT2D eigenvalue weighted by Crippen LogP contribution is 2.34. The van der Waals surface area contributed by atoms with Crippen molar-refractivity contribution in [2.24, 2.45) is 0 Å². The number of esters is 1. The SMILES string of the molecule is COc1cc(/C=C2\SC(=O)N(CC(=O)Nc3ccccc3)C2=O)ccc1OC(=O)c1ccc(F)cc1. The number of hydrogen-bond acceptors (Lipinski definition) is 7. The lowest BCUT2D eigenvalue weighted by Gasteiger charge is -2.12. The van der Waals surface area contributed by atoms with Crippen molar-refractivity contribution < 1.29 is 33.0 Å². The molecule has 1 fully saturated rings. The lowest BCUT2D eigenvalue weighted by molar-refractivity contribution is -0.127. The highest BCUT2D eigenvalue weighted by Gasteiger charge is 2.36. The summed E-state index contributed by atoms with van der Waals surface area (Å²) in [5.74, 6) is -1.95. The number of carbonyl (C=O) groups excluding carboxylic acids is 4. The van der Waals surface area contributed by atoms with Gasteiger partial charge in [0.15, 0.2) is 11.5 Å². The standard InChI is InChI=1S/C26H19FN2O6S/c1-34-21-13-16(7-12-20(21)35-25(32)17-8-10-18(27)11-9-17)14-22-24(31)29(26(33)36-22)15-23(30)28-19-5-3-2-4-6-19/h2-14H,15H2,1H3,(H,28,30)/b22-14-. The molecule has 3 amide bonds. The van der Waals surface area contributed by atoms with E-state index in [9.17, 15) is 23.6 Å². The second-order valence-corrected chi connectivity index (χ2v) is 8.48. The van der Waals surface area contributed by atoms with Crippen molar-refractivity contribution in [3.8, 4) is 11.5 Å². The summed E-state index contributed by atoms with van der Waals surface area (Å²) in [5.41, 5.74) is 1.22. The van der Waals surface area contributed by atoms with Crippen molar-refractivity contribution in [1.29, 1.82) is 0 Å². The molecule has 1 N–H and O–H groups in total. The minimum Gasteiger partial charge on any atom is -0.493 e. The molecular weight excluding hydrogens is 487 g/mol. The zero-order valence-electron chi connectivity index (χ0n) is 18.9. The Bertz CT molecular complexity index is 1360. The number of imide groups is 1. The van der Waals surface area contributed by atoms with Gasteiger partial charge >= 0.3 is 5.97 Å². The normalized spacial score (nSPS) is 14.2. The molecule has 4 rings (SSSR count). The number of thioether (sulfide) groups is 1. The molecule has 0 bridgehead atoms. The first-order chi connectivity index (χ1) is 17.3. The van der Waals surface area contributed by atoms with Gasteiger partial charge in [-0.2, -0.15) is 0 Å². The van der Waals surface area contributed by atoms with Crippen LogP contribution in [0, 0.1) is 5.82 Å². The number of halogens is 1. The van der Waals surface area contributed by atoms with E-state index in [0.29, 0.717) is 23.0 Å². The molecule has 0 radical (unpaired) electrons. The summed E-state index contributed by atoms with van der Waals surface area (Å²) in [7, 11) is 1.38. The number of nitrogens with one attached hydrogen (secondary N) is 1. The van der Waals surface area contributed by atoms with Crippen molar-refractivity contribution in [3.05, 3.63) is 94.6 Å². The van der Waals surface area contributed by atoms with Crippen LogP contribution in [0.3, 0.4) is 0 Å². The van der Waals surface area contributed by atoms with Crippen LogP contribution in [0.15, 0.2) is 77.7 Å². The maximum absolute atomic E-state index is 13.1. The molecule has 182 valence electrons.